The largest absolute Gasteiger partial charge is 0.356 e. The number of carbonyl (C=O) groups is 1. The van der Waals surface area contributed by atoms with Crippen molar-refractivity contribution in [1.82, 2.24) is 15.1 Å². The zero-order valence-corrected chi connectivity index (χ0v) is 17.2. The van der Waals surface area contributed by atoms with Gasteiger partial charge in [-0.05, 0) is 48.6 Å². The Labute approximate surface area is 175 Å². The maximum absolute atomic E-state index is 12.5. The normalized spacial score (nSPS) is 19.4. The van der Waals surface area contributed by atoms with Gasteiger partial charge in [0, 0.05) is 42.0 Å². The first-order valence-corrected chi connectivity index (χ1v) is 10.9. The molecule has 0 bridgehead atoms. The molecule has 1 amide bonds. The lowest BCUT2D eigenvalue weighted by Gasteiger charge is -2.32. The zero-order chi connectivity index (χ0) is 19.8. The third-order valence-electron chi connectivity index (χ3n) is 5.67. The maximum atomic E-state index is 12.5. The van der Waals surface area contributed by atoms with Crippen LogP contribution in [0.15, 0.2) is 70.7 Å². The second kappa shape index (κ2) is 7.59. The molecule has 3 aromatic rings. The lowest BCUT2D eigenvalue weighted by Crippen LogP contribution is -2.30. The van der Waals surface area contributed by atoms with Crippen molar-refractivity contribution in [2.24, 2.45) is 13.0 Å². The minimum absolute atomic E-state index is 0.104. The first-order valence-electron chi connectivity index (χ1n) is 10.1. The number of benzene rings is 2. The van der Waals surface area contributed by atoms with E-state index in [4.69, 9.17) is 0 Å². The van der Waals surface area contributed by atoms with Crippen molar-refractivity contribution in [3.05, 3.63) is 66.5 Å². The molecule has 0 radical (unpaired) electrons. The van der Waals surface area contributed by atoms with Crippen LogP contribution in [0.4, 0.5) is 11.4 Å². The van der Waals surface area contributed by atoms with E-state index < -0.39 is 0 Å². The monoisotopic (exact) mass is 404 g/mol. The summed E-state index contributed by atoms with van der Waals surface area (Å²) in [5, 5.41) is 7.35. The standard InChI is InChI=1S/C23H24N4OS/c1-26-15-16(14-25-26)17-13-18(17)23(28)24-11-6-12-27-19-7-2-4-9-21(19)29-22-10-5-3-8-20(22)27/h2-5,7-10,14-15,17-18H,6,11-13H2,1H3,(H,24,28). The molecule has 1 aliphatic carbocycles. The second-order valence-electron chi connectivity index (χ2n) is 7.73. The van der Waals surface area contributed by atoms with Crippen molar-refractivity contribution >= 4 is 29.0 Å². The highest BCUT2D eigenvalue weighted by Crippen LogP contribution is 2.48. The van der Waals surface area contributed by atoms with Crippen LogP contribution in [-0.2, 0) is 11.8 Å². The van der Waals surface area contributed by atoms with Gasteiger partial charge in [0.05, 0.1) is 17.6 Å². The Kier molecular flexibility index (Phi) is 4.79. The van der Waals surface area contributed by atoms with Crippen LogP contribution >= 0.6 is 11.8 Å². The van der Waals surface area contributed by atoms with Crippen LogP contribution in [0.25, 0.3) is 0 Å². The van der Waals surface area contributed by atoms with Crippen molar-refractivity contribution in [1.29, 1.82) is 0 Å². The molecule has 0 spiro atoms. The van der Waals surface area contributed by atoms with Gasteiger partial charge in [-0.25, -0.2) is 0 Å². The molecule has 148 valence electrons. The topological polar surface area (TPSA) is 50.2 Å². The fourth-order valence-corrected chi connectivity index (χ4v) is 5.18. The van der Waals surface area contributed by atoms with Crippen LogP contribution in [0.2, 0.25) is 0 Å². The van der Waals surface area contributed by atoms with Crippen LogP contribution in [0.3, 0.4) is 0 Å². The molecule has 6 heteroatoms. The van der Waals surface area contributed by atoms with Gasteiger partial charge in [0.2, 0.25) is 5.91 Å². The average Bonchev–Trinajstić information content (AvgIpc) is 3.43. The number of rotatable bonds is 6. The van der Waals surface area contributed by atoms with Crippen molar-refractivity contribution in [2.75, 3.05) is 18.0 Å². The van der Waals surface area contributed by atoms with Crippen LogP contribution in [-0.4, -0.2) is 28.8 Å². The number of anilines is 2. The number of aromatic nitrogens is 2. The van der Waals surface area contributed by atoms with Gasteiger partial charge in [-0.2, -0.15) is 5.10 Å². The summed E-state index contributed by atoms with van der Waals surface area (Å²) in [6.07, 6.45) is 5.73. The molecule has 1 fully saturated rings. The van der Waals surface area contributed by atoms with E-state index in [1.54, 1.807) is 4.68 Å². The molecular weight excluding hydrogens is 380 g/mol. The van der Waals surface area contributed by atoms with Crippen molar-refractivity contribution < 1.29 is 4.79 Å². The van der Waals surface area contributed by atoms with Crippen LogP contribution < -0.4 is 10.2 Å². The van der Waals surface area contributed by atoms with Crippen LogP contribution in [0.5, 0.6) is 0 Å². The van der Waals surface area contributed by atoms with Gasteiger partial charge in [0.25, 0.3) is 0 Å². The molecule has 29 heavy (non-hydrogen) atoms. The SMILES string of the molecule is Cn1cc(C2CC2C(=O)NCCCN2c3ccccc3Sc3ccccc32)cn1. The van der Waals surface area contributed by atoms with Crippen molar-refractivity contribution in [2.45, 2.75) is 28.6 Å². The molecule has 2 heterocycles. The average molecular weight is 405 g/mol. The summed E-state index contributed by atoms with van der Waals surface area (Å²) >= 11 is 1.82. The molecule has 1 saturated carbocycles. The smallest absolute Gasteiger partial charge is 0.223 e. The Balaban J connectivity index is 1.18. The van der Waals surface area contributed by atoms with Gasteiger partial charge in [0.1, 0.15) is 0 Å². The van der Waals surface area contributed by atoms with E-state index >= 15 is 0 Å². The highest BCUT2D eigenvalue weighted by molar-refractivity contribution is 7.99. The van der Waals surface area contributed by atoms with E-state index in [0.717, 1.165) is 19.4 Å². The first kappa shape index (κ1) is 18.3. The third-order valence-corrected chi connectivity index (χ3v) is 6.80. The van der Waals surface area contributed by atoms with Crippen molar-refractivity contribution in [3.8, 4) is 0 Å². The predicted molar refractivity (Wildman–Crippen MR) is 116 cm³/mol. The Hall–Kier alpha value is -2.73. The minimum Gasteiger partial charge on any atom is -0.356 e. The van der Waals surface area contributed by atoms with E-state index in [1.165, 1.54) is 26.7 Å². The lowest BCUT2D eigenvalue weighted by atomic mass is 10.2. The number of para-hydroxylation sites is 2. The van der Waals surface area contributed by atoms with Gasteiger partial charge in [-0.3, -0.25) is 9.48 Å². The molecule has 1 N–H and O–H groups in total. The fraction of sp³-hybridized carbons (Fsp3) is 0.304. The Morgan fingerprint density at radius 3 is 2.48 bits per heavy atom. The number of amides is 1. The van der Waals surface area contributed by atoms with E-state index in [9.17, 15) is 4.79 Å². The number of carbonyl (C=O) groups excluding carboxylic acids is 1. The minimum atomic E-state index is 0.104. The van der Waals surface area contributed by atoms with Gasteiger partial charge in [0.15, 0.2) is 0 Å². The number of fused-ring (bicyclic) bond motifs is 2. The van der Waals surface area contributed by atoms with Gasteiger partial charge in [-0.15, -0.1) is 0 Å². The molecule has 2 aliphatic rings. The molecule has 2 atom stereocenters. The maximum Gasteiger partial charge on any atom is 0.223 e. The first-order chi connectivity index (χ1) is 14.2. The van der Waals surface area contributed by atoms with E-state index in [0.29, 0.717) is 12.5 Å². The van der Waals surface area contributed by atoms with Crippen LogP contribution in [0, 0.1) is 5.92 Å². The predicted octanol–water partition coefficient (Wildman–Crippen LogP) is 4.33. The Bertz CT molecular complexity index is 1000. The number of nitrogens with zero attached hydrogens (tertiary/aromatic N) is 3. The summed E-state index contributed by atoms with van der Waals surface area (Å²) in [5.74, 6) is 0.613. The summed E-state index contributed by atoms with van der Waals surface area (Å²) in [5.41, 5.74) is 3.68. The summed E-state index contributed by atoms with van der Waals surface area (Å²) < 4.78 is 1.80. The van der Waals surface area contributed by atoms with Gasteiger partial charge in [-0.1, -0.05) is 36.0 Å². The number of hydrogen-bond donors (Lipinski definition) is 1. The molecule has 1 aromatic heterocycles. The number of hydrogen-bond acceptors (Lipinski definition) is 4. The van der Waals surface area contributed by atoms with E-state index in [1.807, 2.05) is 31.2 Å². The highest BCUT2D eigenvalue weighted by atomic mass is 32.2. The molecule has 2 unspecified atom stereocenters. The molecule has 1 aliphatic heterocycles. The summed E-state index contributed by atoms with van der Waals surface area (Å²) in [7, 11) is 1.91. The Morgan fingerprint density at radius 2 is 1.83 bits per heavy atom. The third kappa shape index (κ3) is 3.65. The molecule has 2 aromatic carbocycles. The summed E-state index contributed by atoms with van der Waals surface area (Å²) in [6, 6.07) is 17.1. The highest BCUT2D eigenvalue weighted by Gasteiger charge is 2.44. The molecule has 5 rings (SSSR count). The second-order valence-corrected chi connectivity index (χ2v) is 8.81. The van der Waals surface area contributed by atoms with Gasteiger partial charge >= 0.3 is 0 Å². The van der Waals surface area contributed by atoms with Crippen molar-refractivity contribution in [3.63, 3.8) is 0 Å². The summed E-state index contributed by atoms with van der Waals surface area (Å²) in [4.78, 5) is 17.4. The van der Waals surface area contributed by atoms with E-state index in [-0.39, 0.29) is 11.8 Å². The molecule has 0 saturated heterocycles. The number of nitrogens with one attached hydrogen (secondary N) is 1. The van der Waals surface area contributed by atoms with E-state index in [2.05, 4.69) is 63.8 Å². The Morgan fingerprint density at radius 1 is 1.14 bits per heavy atom. The quantitative estimate of drug-likeness (QED) is 0.621. The number of aryl methyl sites for hydroxylation is 1. The van der Waals surface area contributed by atoms with Crippen LogP contribution in [0.1, 0.15) is 24.3 Å². The van der Waals surface area contributed by atoms with Gasteiger partial charge < -0.3 is 10.2 Å². The zero-order valence-electron chi connectivity index (χ0n) is 16.4. The lowest BCUT2D eigenvalue weighted by molar-refractivity contribution is -0.122. The fourth-order valence-electron chi connectivity index (χ4n) is 4.09. The summed E-state index contributed by atoms with van der Waals surface area (Å²) in [6.45, 7) is 1.58. The molecular formula is C23H24N4OS. The molecule has 5 nitrogen and oxygen atoms in total.